The molecule has 1 aliphatic heterocycles. The van der Waals surface area contributed by atoms with Gasteiger partial charge < -0.3 is 34.6 Å². The second kappa shape index (κ2) is 6.80. The fourth-order valence-corrected chi connectivity index (χ4v) is 1.80. The number of esters is 3. The molecular formula is C11H16O10. The second-order valence-corrected chi connectivity index (χ2v) is 4.33. The summed E-state index contributed by atoms with van der Waals surface area (Å²) in [7, 11) is 0. The van der Waals surface area contributed by atoms with Gasteiger partial charge in [0.1, 0.15) is 6.10 Å². The standard InChI is InChI=1S/C11H16O10/c1-5(15)19-8(6(16)2-12)11(4-14)10(18)20-7(3-13)9(17)21-11/h6-8,12-14,16H,2-4H2,1H3. The number of aliphatic hydroxyl groups is 4. The molecule has 0 radical (unpaired) electrons. The van der Waals surface area contributed by atoms with Crippen LogP contribution in [0.4, 0.5) is 0 Å². The van der Waals surface area contributed by atoms with E-state index in [0.29, 0.717) is 0 Å². The molecule has 10 heteroatoms. The van der Waals surface area contributed by atoms with Crippen molar-refractivity contribution in [2.45, 2.75) is 30.8 Å². The van der Waals surface area contributed by atoms with Gasteiger partial charge in [0.2, 0.25) is 6.10 Å². The minimum absolute atomic E-state index is 0.840. The summed E-state index contributed by atoms with van der Waals surface area (Å²) >= 11 is 0. The maximum absolute atomic E-state index is 12.0. The first kappa shape index (κ1) is 17.3. The molecule has 1 aliphatic rings. The number of ether oxygens (including phenoxy) is 3. The van der Waals surface area contributed by atoms with Crippen molar-refractivity contribution in [1.82, 2.24) is 0 Å². The molecule has 1 rings (SSSR count). The van der Waals surface area contributed by atoms with Crippen LogP contribution in [0.15, 0.2) is 0 Å². The van der Waals surface area contributed by atoms with Gasteiger partial charge in [-0.05, 0) is 0 Å². The number of hydrogen-bond donors (Lipinski definition) is 4. The van der Waals surface area contributed by atoms with E-state index in [4.69, 9.17) is 14.9 Å². The lowest BCUT2D eigenvalue weighted by molar-refractivity contribution is -0.244. The van der Waals surface area contributed by atoms with E-state index in [9.17, 15) is 24.6 Å². The highest BCUT2D eigenvalue weighted by Gasteiger charge is 2.59. The molecule has 0 saturated carbocycles. The summed E-state index contributed by atoms with van der Waals surface area (Å²) < 4.78 is 14.0. The van der Waals surface area contributed by atoms with E-state index in [1.165, 1.54) is 0 Å². The second-order valence-electron chi connectivity index (χ2n) is 4.33. The highest BCUT2D eigenvalue weighted by Crippen LogP contribution is 2.29. The highest BCUT2D eigenvalue weighted by molar-refractivity contribution is 5.91. The van der Waals surface area contributed by atoms with Crippen molar-refractivity contribution in [3.63, 3.8) is 0 Å². The maximum atomic E-state index is 12.0. The average Bonchev–Trinajstić information content (AvgIpc) is 2.45. The number of rotatable bonds is 6. The van der Waals surface area contributed by atoms with E-state index in [0.717, 1.165) is 6.92 Å². The topological polar surface area (TPSA) is 160 Å². The number of carbonyl (C=O) groups excluding carboxylic acids is 3. The Morgan fingerprint density at radius 3 is 2.43 bits per heavy atom. The van der Waals surface area contributed by atoms with Crippen LogP contribution in [0.5, 0.6) is 0 Å². The Bertz CT molecular complexity index is 421. The van der Waals surface area contributed by atoms with Crippen LogP contribution in [-0.2, 0) is 28.6 Å². The Hall–Kier alpha value is -1.75. The Morgan fingerprint density at radius 2 is 2.00 bits per heavy atom. The molecular weight excluding hydrogens is 292 g/mol. The third-order valence-electron chi connectivity index (χ3n) is 2.83. The summed E-state index contributed by atoms with van der Waals surface area (Å²) in [6.07, 6.45) is -5.27. The van der Waals surface area contributed by atoms with Gasteiger partial charge in [0, 0.05) is 6.92 Å². The van der Waals surface area contributed by atoms with Crippen LogP contribution in [-0.4, -0.2) is 82.1 Å². The van der Waals surface area contributed by atoms with E-state index in [-0.39, 0.29) is 0 Å². The number of cyclic esters (lactones) is 2. The molecule has 4 N–H and O–H groups in total. The molecule has 1 heterocycles. The predicted octanol–water partition coefficient (Wildman–Crippen LogP) is -3.54. The van der Waals surface area contributed by atoms with E-state index < -0.39 is 61.6 Å². The number of aliphatic hydroxyl groups excluding tert-OH is 4. The van der Waals surface area contributed by atoms with Gasteiger partial charge in [0.15, 0.2) is 6.10 Å². The smallest absolute Gasteiger partial charge is 0.358 e. The van der Waals surface area contributed by atoms with Gasteiger partial charge >= 0.3 is 17.9 Å². The maximum Gasteiger partial charge on any atom is 0.358 e. The summed E-state index contributed by atoms with van der Waals surface area (Å²) in [5, 5.41) is 36.8. The molecule has 120 valence electrons. The number of carbonyl (C=O) groups is 3. The highest BCUT2D eigenvalue weighted by atomic mass is 16.7. The molecule has 1 saturated heterocycles. The Morgan fingerprint density at radius 1 is 1.38 bits per heavy atom. The molecule has 21 heavy (non-hydrogen) atoms. The van der Waals surface area contributed by atoms with Crippen LogP contribution in [0.3, 0.4) is 0 Å². The zero-order valence-corrected chi connectivity index (χ0v) is 11.1. The third-order valence-corrected chi connectivity index (χ3v) is 2.83. The molecule has 0 bridgehead atoms. The van der Waals surface area contributed by atoms with Gasteiger partial charge in [0.05, 0.1) is 19.8 Å². The van der Waals surface area contributed by atoms with Crippen LogP contribution in [0, 0.1) is 0 Å². The van der Waals surface area contributed by atoms with Crippen LogP contribution < -0.4 is 0 Å². The molecule has 1 fully saturated rings. The zero-order chi connectivity index (χ0) is 16.2. The average molecular weight is 308 g/mol. The van der Waals surface area contributed by atoms with Crippen molar-refractivity contribution in [3.8, 4) is 0 Å². The Labute approximate surface area is 118 Å². The van der Waals surface area contributed by atoms with Gasteiger partial charge in [-0.25, -0.2) is 9.59 Å². The van der Waals surface area contributed by atoms with Gasteiger partial charge in [-0.15, -0.1) is 0 Å². The first-order valence-corrected chi connectivity index (χ1v) is 5.94. The molecule has 10 nitrogen and oxygen atoms in total. The summed E-state index contributed by atoms with van der Waals surface area (Å²) in [5.74, 6) is -3.45. The minimum Gasteiger partial charge on any atom is -0.455 e. The summed E-state index contributed by atoms with van der Waals surface area (Å²) in [4.78, 5) is 34.6. The monoisotopic (exact) mass is 308 g/mol. The van der Waals surface area contributed by atoms with E-state index in [2.05, 4.69) is 9.47 Å². The molecule has 4 unspecified atom stereocenters. The van der Waals surface area contributed by atoms with Crippen molar-refractivity contribution in [2.24, 2.45) is 0 Å². The normalized spacial score (nSPS) is 28.3. The molecule has 0 spiro atoms. The van der Waals surface area contributed by atoms with Crippen LogP contribution in [0.1, 0.15) is 6.92 Å². The largest absolute Gasteiger partial charge is 0.455 e. The molecule has 4 atom stereocenters. The summed E-state index contributed by atoms with van der Waals surface area (Å²) in [6, 6.07) is 0. The quantitative estimate of drug-likeness (QED) is 0.286. The van der Waals surface area contributed by atoms with Crippen LogP contribution in [0.2, 0.25) is 0 Å². The fourth-order valence-electron chi connectivity index (χ4n) is 1.80. The van der Waals surface area contributed by atoms with Gasteiger partial charge in [0.25, 0.3) is 5.60 Å². The van der Waals surface area contributed by atoms with Crippen molar-refractivity contribution >= 4 is 17.9 Å². The van der Waals surface area contributed by atoms with Crippen molar-refractivity contribution in [1.29, 1.82) is 0 Å². The van der Waals surface area contributed by atoms with Crippen molar-refractivity contribution in [2.75, 3.05) is 19.8 Å². The van der Waals surface area contributed by atoms with E-state index in [1.807, 2.05) is 0 Å². The first-order chi connectivity index (χ1) is 9.82. The van der Waals surface area contributed by atoms with Gasteiger partial charge in [-0.1, -0.05) is 0 Å². The van der Waals surface area contributed by atoms with Crippen LogP contribution >= 0.6 is 0 Å². The lowest BCUT2D eigenvalue weighted by Crippen LogP contribution is -2.66. The Kier molecular flexibility index (Phi) is 5.61. The molecule has 0 amide bonds. The summed E-state index contributed by atoms with van der Waals surface area (Å²) in [6.45, 7) is -1.99. The number of hydrogen-bond acceptors (Lipinski definition) is 10. The van der Waals surface area contributed by atoms with Gasteiger partial charge in [-0.2, -0.15) is 0 Å². The zero-order valence-electron chi connectivity index (χ0n) is 11.1. The summed E-state index contributed by atoms with van der Waals surface area (Å²) in [5.41, 5.74) is -2.52. The van der Waals surface area contributed by atoms with Crippen molar-refractivity contribution < 1.29 is 49.0 Å². The Balaban J connectivity index is 3.18. The molecule has 0 aromatic carbocycles. The molecule has 0 aromatic rings. The van der Waals surface area contributed by atoms with Gasteiger partial charge in [-0.3, -0.25) is 4.79 Å². The van der Waals surface area contributed by atoms with Crippen LogP contribution in [0.25, 0.3) is 0 Å². The van der Waals surface area contributed by atoms with Crippen molar-refractivity contribution in [3.05, 3.63) is 0 Å². The van der Waals surface area contributed by atoms with E-state index in [1.54, 1.807) is 0 Å². The first-order valence-electron chi connectivity index (χ1n) is 5.94. The SMILES string of the molecule is CC(=O)OC(C(O)CO)C1(CO)OC(=O)C(CO)OC1=O. The molecule has 0 aliphatic carbocycles. The lowest BCUT2D eigenvalue weighted by atomic mass is 9.91. The predicted molar refractivity (Wildman–Crippen MR) is 61.5 cm³/mol. The minimum atomic E-state index is -2.52. The van der Waals surface area contributed by atoms with E-state index >= 15 is 0 Å². The third kappa shape index (κ3) is 3.29. The lowest BCUT2D eigenvalue weighted by Gasteiger charge is -2.41. The molecule has 0 aromatic heterocycles. The fraction of sp³-hybridized carbons (Fsp3) is 0.727.